The van der Waals surface area contributed by atoms with Crippen molar-refractivity contribution in [2.45, 2.75) is 36.9 Å². The zero-order chi connectivity index (χ0) is 17.9. The summed E-state index contributed by atoms with van der Waals surface area (Å²) in [6.45, 7) is 0. The van der Waals surface area contributed by atoms with Crippen molar-refractivity contribution in [1.82, 2.24) is 4.90 Å². The van der Waals surface area contributed by atoms with Gasteiger partial charge in [-0.3, -0.25) is 4.90 Å². The predicted molar refractivity (Wildman–Crippen MR) is 103 cm³/mol. The van der Waals surface area contributed by atoms with E-state index in [1.807, 2.05) is 0 Å². The Bertz CT molecular complexity index is 857. The van der Waals surface area contributed by atoms with Crippen LogP contribution in [0, 0.1) is 29.6 Å². The van der Waals surface area contributed by atoms with Gasteiger partial charge in [-0.25, -0.2) is 0 Å². The number of hydrogen-bond donors (Lipinski definition) is 1. The molecule has 2 nitrogen and oxygen atoms in total. The standard InChI is InChI=1S/C24H25NO/c1-3-24(26)19-15-10-16-23(19)21(24)20(17-11-6-4-7-12-17)25(2)22(23)18-13-8-5-9-14-18/h1,4-9,11-14,19-22,26H,10,15-16H2,2H3/t19-,20+,21-,22+,23+,24+/m1/s1. The average Bonchev–Trinajstić information content (AvgIpc) is 3.19. The van der Waals surface area contributed by atoms with Gasteiger partial charge in [0.05, 0.1) is 0 Å². The van der Waals surface area contributed by atoms with Crippen molar-refractivity contribution < 1.29 is 5.11 Å². The molecule has 132 valence electrons. The number of hydrogen-bond acceptors (Lipinski definition) is 2. The fraction of sp³-hybridized carbons (Fsp3) is 0.417. The maximum atomic E-state index is 11.5. The number of terminal acetylenes is 1. The molecule has 3 fully saturated rings. The van der Waals surface area contributed by atoms with Crippen LogP contribution in [0.1, 0.15) is 42.5 Å². The minimum atomic E-state index is -0.991. The summed E-state index contributed by atoms with van der Waals surface area (Å²) in [6, 6.07) is 21.9. The molecular formula is C24H25NO. The summed E-state index contributed by atoms with van der Waals surface area (Å²) in [4.78, 5) is 2.49. The van der Waals surface area contributed by atoms with Crippen LogP contribution < -0.4 is 0 Å². The summed E-state index contributed by atoms with van der Waals surface area (Å²) in [5.74, 6) is 3.13. The molecule has 1 spiro atoms. The Balaban J connectivity index is 1.71. The fourth-order valence-electron chi connectivity index (χ4n) is 6.84. The van der Waals surface area contributed by atoms with Crippen LogP contribution in [0.15, 0.2) is 60.7 Å². The average molecular weight is 343 g/mol. The van der Waals surface area contributed by atoms with Crippen molar-refractivity contribution in [3.05, 3.63) is 71.8 Å². The third-order valence-electron chi connectivity index (χ3n) is 7.49. The molecule has 2 aliphatic carbocycles. The molecule has 2 heteroatoms. The van der Waals surface area contributed by atoms with E-state index in [0.29, 0.717) is 6.04 Å². The van der Waals surface area contributed by atoms with Gasteiger partial charge in [0.1, 0.15) is 5.60 Å². The molecule has 0 bridgehead atoms. The molecule has 6 atom stereocenters. The smallest absolute Gasteiger partial charge is 0.133 e. The summed E-state index contributed by atoms with van der Waals surface area (Å²) in [7, 11) is 2.22. The van der Waals surface area contributed by atoms with Crippen LogP contribution in [0.25, 0.3) is 0 Å². The van der Waals surface area contributed by atoms with Gasteiger partial charge >= 0.3 is 0 Å². The van der Waals surface area contributed by atoms with Crippen LogP contribution in [-0.4, -0.2) is 22.7 Å². The highest BCUT2D eigenvalue weighted by molar-refractivity contribution is 5.42. The largest absolute Gasteiger partial charge is 0.377 e. The molecular weight excluding hydrogens is 318 g/mol. The van der Waals surface area contributed by atoms with Crippen LogP contribution in [0.5, 0.6) is 0 Å². The van der Waals surface area contributed by atoms with Crippen LogP contribution in [0.2, 0.25) is 0 Å². The second kappa shape index (κ2) is 5.46. The second-order valence-corrected chi connectivity index (χ2v) is 8.34. The summed E-state index contributed by atoms with van der Waals surface area (Å²) < 4.78 is 0. The van der Waals surface area contributed by atoms with Crippen molar-refractivity contribution in [2.24, 2.45) is 17.3 Å². The topological polar surface area (TPSA) is 23.5 Å². The molecule has 1 aliphatic heterocycles. The number of rotatable bonds is 2. The van der Waals surface area contributed by atoms with Gasteiger partial charge in [0.15, 0.2) is 0 Å². The maximum Gasteiger partial charge on any atom is 0.133 e. The van der Waals surface area contributed by atoms with E-state index < -0.39 is 5.60 Å². The lowest BCUT2D eigenvalue weighted by Crippen LogP contribution is -2.66. The van der Waals surface area contributed by atoms with Crippen molar-refractivity contribution in [2.75, 3.05) is 7.05 Å². The third kappa shape index (κ3) is 1.76. The van der Waals surface area contributed by atoms with Gasteiger partial charge in [-0.2, -0.15) is 0 Å². The first-order valence-corrected chi connectivity index (χ1v) is 9.66. The molecule has 0 aromatic heterocycles. The van der Waals surface area contributed by atoms with Crippen LogP contribution in [0.4, 0.5) is 0 Å². The lowest BCUT2D eigenvalue weighted by atomic mass is 9.43. The van der Waals surface area contributed by atoms with E-state index in [1.165, 1.54) is 11.1 Å². The van der Waals surface area contributed by atoms with Gasteiger partial charge in [0.25, 0.3) is 0 Å². The molecule has 2 aromatic rings. The Hall–Kier alpha value is -2.08. The Morgan fingerprint density at radius 3 is 2.27 bits per heavy atom. The highest BCUT2D eigenvalue weighted by Crippen LogP contribution is 2.79. The Kier molecular flexibility index (Phi) is 3.38. The van der Waals surface area contributed by atoms with Gasteiger partial charge in [0, 0.05) is 29.3 Å². The van der Waals surface area contributed by atoms with Gasteiger partial charge in [-0.15, -0.1) is 6.42 Å². The molecule has 1 saturated heterocycles. The zero-order valence-electron chi connectivity index (χ0n) is 15.2. The van der Waals surface area contributed by atoms with Crippen molar-refractivity contribution in [1.29, 1.82) is 0 Å². The highest BCUT2D eigenvalue weighted by Gasteiger charge is 2.79. The van der Waals surface area contributed by atoms with Crippen LogP contribution in [0.3, 0.4) is 0 Å². The summed E-state index contributed by atoms with van der Waals surface area (Å²) in [6.07, 6.45) is 9.27. The predicted octanol–water partition coefficient (Wildman–Crippen LogP) is 4.20. The van der Waals surface area contributed by atoms with Gasteiger partial charge in [-0.05, 0) is 31.0 Å². The first kappa shape index (κ1) is 16.1. The Labute approximate surface area is 155 Å². The number of benzene rings is 2. The number of aliphatic hydroxyl groups is 1. The van der Waals surface area contributed by atoms with Crippen molar-refractivity contribution in [3.8, 4) is 12.3 Å². The van der Waals surface area contributed by atoms with E-state index in [2.05, 4.69) is 78.5 Å². The van der Waals surface area contributed by atoms with E-state index in [9.17, 15) is 5.11 Å². The number of nitrogens with zero attached hydrogens (tertiary/aromatic N) is 1. The molecule has 2 saturated carbocycles. The summed E-state index contributed by atoms with van der Waals surface area (Å²) in [5, 5.41) is 11.5. The quantitative estimate of drug-likeness (QED) is 0.826. The minimum absolute atomic E-state index is 0.0811. The normalized spacial score (nSPS) is 41.1. The second-order valence-electron chi connectivity index (χ2n) is 8.34. The SMILES string of the molecule is C#C[C@]1(O)[C@@H]2CCC[C@]23[C@H](c2ccccc2)N(C)[C@@H](c2ccccc2)[C@@H]13. The zero-order valence-corrected chi connectivity index (χ0v) is 15.2. The Morgan fingerprint density at radius 2 is 1.65 bits per heavy atom. The van der Waals surface area contributed by atoms with Gasteiger partial charge < -0.3 is 5.11 Å². The van der Waals surface area contributed by atoms with E-state index in [4.69, 9.17) is 6.42 Å². The van der Waals surface area contributed by atoms with Gasteiger partial charge in [-0.1, -0.05) is 73.0 Å². The molecule has 5 rings (SSSR count). The van der Waals surface area contributed by atoms with Crippen LogP contribution >= 0.6 is 0 Å². The molecule has 0 amide bonds. The summed E-state index contributed by atoms with van der Waals surface area (Å²) in [5.41, 5.74) is 1.70. The lowest BCUT2D eigenvalue weighted by molar-refractivity contribution is -0.199. The maximum absolute atomic E-state index is 11.5. The molecule has 3 aliphatic rings. The van der Waals surface area contributed by atoms with Crippen molar-refractivity contribution >= 4 is 0 Å². The first-order valence-electron chi connectivity index (χ1n) is 9.66. The monoisotopic (exact) mass is 343 g/mol. The molecule has 2 aromatic carbocycles. The van der Waals surface area contributed by atoms with E-state index in [1.54, 1.807) is 0 Å². The molecule has 0 unspecified atom stereocenters. The van der Waals surface area contributed by atoms with Gasteiger partial charge in [0.2, 0.25) is 0 Å². The molecule has 1 N–H and O–H groups in total. The van der Waals surface area contributed by atoms with E-state index in [-0.39, 0.29) is 23.3 Å². The minimum Gasteiger partial charge on any atom is -0.377 e. The third-order valence-corrected chi connectivity index (χ3v) is 7.49. The molecule has 1 heterocycles. The molecule has 26 heavy (non-hydrogen) atoms. The van der Waals surface area contributed by atoms with E-state index in [0.717, 1.165) is 19.3 Å². The Morgan fingerprint density at radius 1 is 1.04 bits per heavy atom. The fourth-order valence-corrected chi connectivity index (χ4v) is 6.84. The lowest BCUT2D eigenvalue weighted by Gasteiger charge is -2.61. The van der Waals surface area contributed by atoms with E-state index >= 15 is 0 Å². The first-order chi connectivity index (χ1) is 12.6. The highest BCUT2D eigenvalue weighted by atomic mass is 16.3. The number of likely N-dealkylation sites (tertiary alicyclic amines) is 1. The summed E-state index contributed by atoms with van der Waals surface area (Å²) >= 11 is 0. The van der Waals surface area contributed by atoms with Crippen molar-refractivity contribution in [3.63, 3.8) is 0 Å². The molecule has 0 radical (unpaired) electrons. The van der Waals surface area contributed by atoms with Crippen LogP contribution in [-0.2, 0) is 0 Å².